The number of thiophene rings is 1. The van der Waals surface area contributed by atoms with Crippen LogP contribution in [0.2, 0.25) is 0 Å². The second kappa shape index (κ2) is 11.9. The summed E-state index contributed by atoms with van der Waals surface area (Å²) in [6, 6.07) is 19.8. The van der Waals surface area contributed by atoms with Crippen LogP contribution in [0.3, 0.4) is 0 Å². The van der Waals surface area contributed by atoms with Crippen LogP contribution in [0.1, 0.15) is 40.2 Å². The number of esters is 1. The minimum Gasteiger partial charge on any atom is -0.462 e. The molecular formula is C28H28N4O4S2. The average Bonchev–Trinajstić information content (AvgIpc) is 3.54. The molecule has 0 fully saturated rings. The van der Waals surface area contributed by atoms with Crippen molar-refractivity contribution in [1.82, 2.24) is 15.1 Å². The summed E-state index contributed by atoms with van der Waals surface area (Å²) in [6.45, 7) is 6.19. The highest BCUT2D eigenvalue weighted by molar-refractivity contribution is 8.00. The van der Waals surface area contributed by atoms with E-state index in [4.69, 9.17) is 9.15 Å². The summed E-state index contributed by atoms with van der Waals surface area (Å²) in [5.74, 6) is -0.252. The van der Waals surface area contributed by atoms with Crippen molar-refractivity contribution in [2.24, 2.45) is 0 Å². The van der Waals surface area contributed by atoms with Gasteiger partial charge in [-0.25, -0.2) is 4.79 Å². The Balaban J connectivity index is 1.30. The molecule has 0 saturated carbocycles. The van der Waals surface area contributed by atoms with E-state index in [1.807, 2.05) is 48.5 Å². The molecule has 1 aliphatic heterocycles. The van der Waals surface area contributed by atoms with E-state index < -0.39 is 11.2 Å². The normalized spacial score (nSPS) is 14.1. The zero-order valence-electron chi connectivity index (χ0n) is 21.2. The summed E-state index contributed by atoms with van der Waals surface area (Å²) in [7, 11) is 0. The molecule has 1 amide bonds. The third-order valence-corrected chi connectivity index (χ3v) is 8.24. The summed E-state index contributed by atoms with van der Waals surface area (Å²) in [6.07, 6.45) is 0.719. The van der Waals surface area contributed by atoms with Crippen molar-refractivity contribution in [2.45, 2.75) is 43.8 Å². The van der Waals surface area contributed by atoms with E-state index in [1.165, 1.54) is 28.7 Å². The number of carbonyl (C=O) groups excluding carboxylic acids is 2. The van der Waals surface area contributed by atoms with Gasteiger partial charge in [-0.3, -0.25) is 9.69 Å². The zero-order valence-corrected chi connectivity index (χ0v) is 22.8. The number of anilines is 1. The fourth-order valence-electron chi connectivity index (χ4n) is 4.31. The number of amides is 1. The number of carbonyl (C=O) groups is 2. The molecule has 0 bridgehead atoms. The summed E-state index contributed by atoms with van der Waals surface area (Å²) >= 11 is 2.62. The second-order valence-electron chi connectivity index (χ2n) is 8.86. The third kappa shape index (κ3) is 5.98. The highest BCUT2D eigenvalue weighted by Crippen LogP contribution is 2.38. The maximum Gasteiger partial charge on any atom is 0.341 e. The molecule has 4 aromatic rings. The summed E-state index contributed by atoms with van der Waals surface area (Å²) in [5.41, 5.74) is 3.50. The average molecular weight is 549 g/mol. The van der Waals surface area contributed by atoms with E-state index in [2.05, 4.69) is 32.5 Å². The number of nitrogens with one attached hydrogen (secondary N) is 1. The number of aromatic nitrogens is 2. The molecule has 0 unspecified atom stereocenters. The van der Waals surface area contributed by atoms with Crippen LogP contribution in [-0.4, -0.2) is 45.4 Å². The number of hydrogen-bond donors (Lipinski definition) is 1. The lowest BCUT2D eigenvalue weighted by Gasteiger charge is -2.27. The molecule has 1 atom stereocenters. The second-order valence-corrected chi connectivity index (χ2v) is 11.3. The van der Waals surface area contributed by atoms with Gasteiger partial charge in [0.1, 0.15) is 5.00 Å². The molecule has 2 aromatic carbocycles. The quantitative estimate of drug-likeness (QED) is 0.212. The molecule has 0 aliphatic carbocycles. The Bertz CT molecular complexity index is 1400. The highest BCUT2D eigenvalue weighted by Gasteiger charge is 2.30. The first-order valence-corrected chi connectivity index (χ1v) is 14.2. The largest absolute Gasteiger partial charge is 0.462 e. The Labute approximate surface area is 229 Å². The molecule has 1 aliphatic rings. The molecule has 38 heavy (non-hydrogen) atoms. The first-order valence-electron chi connectivity index (χ1n) is 12.5. The summed E-state index contributed by atoms with van der Waals surface area (Å²) in [5, 5.41) is 11.5. The molecule has 3 heterocycles. The summed E-state index contributed by atoms with van der Waals surface area (Å²) < 4.78 is 11.1. The number of thioether (sulfide) groups is 1. The smallest absolute Gasteiger partial charge is 0.341 e. The Morgan fingerprint density at radius 1 is 1.13 bits per heavy atom. The number of rotatable bonds is 9. The van der Waals surface area contributed by atoms with Gasteiger partial charge in [-0.05, 0) is 43.5 Å². The van der Waals surface area contributed by atoms with Crippen molar-refractivity contribution in [2.75, 3.05) is 18.5 Å². The standard InChI is InChI=1S/C28H28N4O4S2/c1-3-35-27(34)23-21-14-15-32(16-19-10-6-4-7-11-19)17-22(21)38-26(23)29-24(33)18(2)37-28-31-30-25(36-28)20-12-8-5-9-13-20/h4-13,18H,3,14-17H2,1-2H3,(H,29,33)/t18-/m1/s1. The lowest BCUT2D eigenvalue weighted by atomic mass is 10.0. The zero-order chi connectivity index (χ0) is 26.5. The van der Waals surface area contributed by atoms with Gasteiger partial charge in [0.05, 0.1) is 17.4 Å². The van der Waals surface area contributed by atoms with Gasteiger partial charge in [-0.1, -0.05) is 60.3 Å². The highest BCUT2D eigenvalue weighted by atomic mass is 32.2. The Morgan fingerprint density at radius 2 is 1.87 bits per heavy atom. The van der Waals surface area contributed by atoms with E-state index >= 15 is 0 Å². The molecular weight excluding hydrogens is 520 g/mol. The number of hydrogen-bond acceptors (Lipinski definition) is 9. The molecule has 196 valence electrons. The van der Waals surface area contributed by atoms with Crippen LogP contribution < -0.4 is 5.32 Å². The maximum atomic E-state index is 13.2. The number of nitrogens with zero attached hydrogens (tertiary/aromatic N) is 3. The Hall–Kier alpha value is -3.47. The molecule has 0 radical (unpaired) electrons. The predicted molar refractivity (Wildman–Crippen MR) is 148 cm³/mol. The van der Waals surface area contributed by atoms with Gasteiger partial charge in [0.15, 0.2) is 0 Å². The van der Waals surface area contributed by atoms with Crippen LogP contribution in [0.4, 0.5) is 5.00 Å². The minimum absolute atomic E-state index is 0.250. The fraction of sp³-hybridized carbons (Fsp3) is 0.286. The molecule has 0 saturated heterocycles. The van der Waals surface area contributed by atoms with Gasteiger partial charge in [-0.15, -0.1) is 21.5 Å². The van der Waals surface area contributed by atoms with Gasteiger partial charge < -0.3 is 14.5 Å². The van der Waals surface area contributed by atoms with Crippen LogP contribution in [0.25, 0.3) is 11.5 Å². The van der Waals surface area contributed by atoms with Crippen molar-refractivity contribution >= 4 is 40.0 Å². The SMILES string of the molecule is CCOC(=O)c1c(NC(=O)[C@@H](C)Sc2nnc(-c3ccccc3)o2)sc2c1CCN(Cc1ccccc1)C2. The third-order valence-electron chi connectivity index (χ3n) is 6.18. The van der Waals surface area contributed by atoms with Crippen molar-refractivity contribution in [3.8, 4) is 11.5 Å². The van der Waals surface area contributed by atoms with Crippen LogP contribution >= 0.6 is 23.1 Å². The fourth-order valence-corrected chi connectivity index (χ4v) is 6.28. The number of ether oxygens (including phenoxy) is 1. The topological polar surface area (TPSA) is 97.6 Å². The lowest BCUT2D eigenvalue weighted by Crippen LogP contribution is -2.30. The number of fused-ring (bicyclic) bond motifs is 1. The molecule has 2 aromatic heterocycles. The van der Waals surface area contributed by atoms with E-state index in [1.54, 1.807) is 13.8 Å². The summed E-state index contributed by atoms with van der Waals surface area (Å²) in [4.78, 5) is 29.5. The van der Waals surface area contributed by atoms with Crippen molar-refractivity contribution < 1.29 is 18.7 Å². The first-order chi connectivity index (χ1) is 18.5. The van der Waals surface area contributed by atoms with Gasteiger partial charge >= 0.3 is 5.97 Å². The van der Waals surface area contributed by atoms with Gasteiger partial charge in [-0.2, -0.15) is 0 Å². The van der Waals surface area contributed by atoms with Crippen molar-refractivity contribution in [3.05, 3.63) is 82.2 Å². The van der Waals surface area contributed by atoms with E-state index in [9.17, 15) is 9.59 Å². The molecule has 5 rings (SSSR count). The first kappa shape index (κ1) is 26.1. The van der Waals surface area contributed by atoms with Crippen LogP contribution in [0, 0.1) is 0 Å². The maximum absolute atomic E-state index is 13.2. The van der Waals surface area contributed by atoms with Gasteiger partial charge in [0.2, 0.25) is 11.8 Å². The van der Waals surface area contributed by atoms with Crippen molar-refractivity contribution in [3.63, 3.8) is 0 Å². The van der Waals surface area contributed by atoms with Crippen LogP contribution in [0.5, 0.6) is 0 Å². The van der Waals surface area contributed by atoms with E-state index in [-0.39, 0.29) is 12.5 Å². The van der Waals surface area contributed by atoms with Crippen molar-refractivity contribution in [1.29, 1.82) is 0 Å². The van der Waals surface area contributed by atoms with Crippen LogP contribution in [0.15, 0.2) is 70.3 Å². The predicted octanol–water partition coefficient (Wildman–Crippen LogP) is 5.65. The van der Waals surface area contributed by atoms with Crippen LogP contribution in [-0.2, 0) is 29.0 Å². The van der Waals surface area contributed by atoms with E-state index in [0.29, 0.717) is 28.2 Å². The Morgan fingerprint density at radius 3 is 2.61 bits per heavy atom. The van der Waals surface area contributed by atoms with Gasteiger partial charge in [0.25, 0.3) is 5.22 Å². The Kier molecular flexibility index (Phi) is 8.21. The molecule has 1 N–H and O–H groups in total. The molecule has 10 heteroatoms. The number of benzene rings is 2. The van der Waals surface area contributed by atoms with E-state index in [0.717, 1.165) is 35.5 Å². The minimum atomic E-state index is -0.525. The monoisotopic (exact) mass is 548 g/mol. The van der Waals surface area contributed by atoms with Gasteiger partial charge in [0, 0.05) is 30.1 Å². The molecule has 8 nitrogen and oxygen atoms in total. The molecule has 0 spiro atoms. The lowest BCUT2D eigenvalue weighted by molar-refractivity contribution is -0.115.